The van der Waals surface area contributed by atoms with E-state index < -0.39 is 22.5 Å². The molecule has 0 bridgehead atoms. The number of carbonyl (C=O) groups is 1. The summed E-state index contributed by atoms with van der Waals surface area (Å²) >= 11 is 13.6. The molecule has 2 aromatic carbocycles. The lowest BCUT2D eigenvalue weighted by Crippen LogP contribution is -2.36. The minimum absolute atomic E-state index is 0.0326. The summed E-state index contributed by atoms with van der Waals surface area (Å²) in [6.45, 7) is -0.525. The summed E-state index contributed by atoms with van der Waals surface area (Å²) in [5.41, 5.74) is 0.105. The zero-order valence-corrected chi connectivity index (χ0v) is 16.5. The molecular weight excluding hydrogens is 405 g/mol. The number of methoxy groups -OCH3 is 1. The Balaban J connectivity index is 2.57. The van der Waals surface area contributed by atoms with Crippen LogP contribution in [0.25, 0.3) is 0 Å². The second kappa shape index (κ2) is 8.31. The first-order chi connectivity index (χ1) is 11.8. The number of hydrogen-bond donors (Lipinski definition) is 0. The molecular formula is C16H15Cl2NO4S2. The fourth-order valence-corrected chi connectivity index (χ4v) is 4.32. The number of benzene rings is 2. The highest BCUT2D eigenvalue weighted by Gasteiger charge is 2.29. The lowest BCUT2D eigenvalue weighted by atomic mass is 10.3. The van der Waals surface area contributed by atoms with Gasteiger partial charge >= 0.3 is 5.97 Å². The van der Waals surface area contributed by atoms with Crippen LogP contribution in [0.3, 0.4) is 0 Å². The van der Waals surface area contributed by atoms with E-state index in [0.29, 0.717) is 0 Å². The van der Waals surface area contributed by atoms with Crippen molar-refractivity contribution in [3.8, 4) is 0 Å². The highest BCUT2D eigenvalue weighted by Crippen LogP contribution is 2.35. The lowest BCUT2D eigenvalue weighted by molar-refractivity contribution is -0.138. The molecule has 25 heavy (non-hydrogen) atoms. The van der Waals surface area contributed by atoms with Crippen molar-refractivity contribution in [2.75, 3.05) is 24.2 Å². The number of thioether (sulfide) groups is 1. The van der Waals surface area contributed by atoms with E-state index in [1.807, 2.05) is 6.26 Å². The predicted octanol–water partition coefficient (Wildman–Crippen LogP) is 4.08. The van der Waals surface area contributed by atoms with Crippen LogP contribution in [-0.4, -0.2) is 34.3 Å². The smallest absolute Gasteiger partial charge is 0.326 e. The van der Waals surface area contributed by atoms with Crippen molar-refractivity contribution in [3.05, 3.63) is 52.5 Å². The molecule has 0 saturated carbocycles. The summed E-state index contributed by atoms with van der Waals surface area (Å²) in [6, 6.07) is 10.9. The van der Waals surface area contributed by atoms with Crippen LogP contribution in [0.1, 0.15) is 0 Å². The molecule has 0 aliphatic rings. The van der Waals surface area contributed by atoms with Gasteiger partial charge in [0.05, 0.1) is 27.7 Å². The van der Waals surface area contributed by atoms with Gasteiger partial charge in [0.15, 0.2) is 0 Å². The van der Waals surface area contributed by atoms with Gasteiger partial charge in [-0.25, -0.2) is 8.42 Å². The Kier molecular flexibility index (Phi) is 6.62. The Hall–Kier alpha value is -1.41. The van der Waals surface area contributed by atoms with Gasteiger partial charge in [-0.2, -0.15) is 0 Å². The molecule has 0 spiro atoms. The number of carbonyl (C=O) groups excluding carboxylic acids is 1. The van der Waals surface area contributed by atoms with Crippen molar-refractivity contribution in [2.24, 2.45) is 0 Å². The van der Waals surface area contributed by atoms with Gasteiger partial charge < -0.3 is 4.74 Å². The number of ether oxygens (including phenoxy) is 1. The number of sulfonamides is 1. The maximum Gasteiger partial charge on any atom is 0.326 e. The number of halogens is 2. The Morgan fingerprint density at radius 1 is 1.16 bits per heavy atom. The molecule has 0 aromatic heterocycles. The van der Waals surface area contributed by atoms with Crippen LogP contribution in [0, 0.1) is 0 Å². The summed E-state index contributed by atoms with van der Waals surface area (Å²) in [5, 5.41) is 0.222. The van der Waals surface area contributed by atoms with Crippen LogP contribution < -0.4 is 4.31 Å². The first kappa shape index (κ1) is 19.9. The summed E-state index contributed by atoms with van der Waals surface area (Å²) in [6.07, 6.45) is 1.89. The van der Waals surface area contributed by atoms with E-state index in [1.54, 1.807) is 18.2 Å². The second-order valence-electron chi connectivity index (χ2n) is 4.84. The summed E-state index contributed by atoms with van der Waals surface area (Å²) in [7, 11) is -2.86. The van der Waals surface area contributed by atoms with Gasteiger partial charge in [-0.1, -0.05) is 29.3 Å². The minimum Gasteiger partial charge on any atom is -0.468 e. The molecule has 2 rings (SSSR count). The lowest BCUT2D eigenvalue weighted by Gasteiger charge is -2.24. The minimum atomic E-state index is -4.04. The van der Waals surface area contributed by atoms with Gasteiger partial charge in [-0.15, -0.1) is 11.8 Å². The molecule has 0 radical (unpaired) electrons. The van der Waals surface area contributed by atoms with Crippen molar-refractivity contribution in [2.45, 2.75) is 9.79 Å². The zero-order valence-electron chi connectivity index (χ0n) is 13.4. The Morgan fingerprint density at radius 3 is 2.36 bits per heavy atom. The van der Waals surface area contributed by atoms with Crippen molar-refractivity contribution < 1.29 is 17.9 Å². The largest absolute Gasteiger partial charge is 0.468 e. The number of esters is 1. The number of rotatable bonds is 6. The molecule has 0 N–H and O–H groups in total. The van der Waals surface area contributed by atoms with E-state index >= 15 is 0 Å². The SMILES string of the molecule is COC(=O)CN(c1cccc(Cl)c1Cl)S(=O)(=O)c1ccc(SC)cc1. The molecule has 5 nitrogen and oxygen atoms in total. The third-order valence-corrected chi connectivity index (χ3v) is 6.67. The molecule has 0 unspecified atom stereocenters. The Bertz CT molecular complexity index is 870. The van der Waals surface area contributed by atoms with Gasteiger partial charge in [0, 0.05) is 4.90 Å². The summed E-state index contributed by atoms with van der Waals surface area (Å²) in [5.74, 6) is -0.722. The van der Waals surface area contributed by atoms with Gasteiger partial charge in [0.2, 0.25) is 0 Å². The van der Waals surface area contributed by atoms with E-state index in [4.69, 9.17) is 23.2 Å². The molecule has 0 aliphatic heterocycles. The molecule has 9 heteroatoms. The van der Waals surface area contributed by atoms with E-state index in [2.05, 4.69) is 4.74 Å². The first-order valence-corrected chi connectivity index (χ1v) is 10.4. The van der Waals surface area contributed by atoms with Crippen LogP contribution in [-0.2, 0) is 19.6 Å². The van der Waals surface area contributed by atoms with Crippen LogP contribution in [0.2, 0.25) is 10.0 Å². The van der Waals surface area contributed by atoms with Crippen molar-refractivity contribution in [3.63, 3.8) is 0 Å². The van der Waals surface area contributed by atoms with Gasteiger partial charge in [-0.05, 0) is 42.7 Å². The van der Waals surface area contributed by atoms with E-state index in [-0.39, 0.29) is 20.6 Å². The van der Waals surface area contributed by atoms with Crippen molar-refractivity contribution in [1.82, 2.24) is 0 Å². The average molecular weight is 420 g/mol. The predicted molar refractivity (Wildman–Crippen MR) is 101 cm³/mol. The van der Waals surface area contributed by atoms with Crippen molar-refractivity contribution >= 4 is 56.6 Å². The normalized spacial score (nSPS) is 11.2. The molecule has 0 heterocycles. The summed E-state index contributed by atoms with van der Waals surface area (Å²) in [4.78, 5) is 12.7. The molecule has 134 valence electrons. The second-order valence-corrected chi connectivity index (χ2v) is 8.36. The zero-order chi connectivity index (χ0) is 18.6. The highest BCUT2D eigenvalue weighted by atomic mass is 35.5. The first-order valence-electron chi connectivity index (χ1n) is 6.99. The van der Waals surface area contributed by atoms with Gasteiger partial charge in [0.25, 0.3) is 10.0 Å². The molecule has 0 amide bonds. The van der Waals surface area contributed by atoms with E-state index in [0.717, 1.165) is 9.20 Å². The van der Waals surface area contributed by atoms with Crippen LogP contribution >= 0.6 is 35.0 Å². The Morgan fingerprint density at radius 2 is 1.80 bits per heavy atom. The number of anilines is 1. The molecule has 0 saturated heterocycles. The number of hydrogen-bond acceptors (Lipinski definition) is 5. The maximum absolute atomic E-state index is 13.1. The molecule has 0 atom stereocenters. The maximum atomic E-state index is 13.1. The molecule has 0 aliphatic carbocycles. The molecule has 0 fully saturated rings. The van der Waals surface area contributed by atoms with Crippen LogP contribution in [0.15, 0.2) is 52.3 Å². The molecule has 2 aromatic rings. The standard InChI is InChI=1S/C16H15Cl2NO4S2/c1-23-15(20)10-19(14-5-3-4-13(17)16(14)18)25(21,22)12-8-6-11(24-2)7-9-12/h3-9H,10H2,1-2H3. The van der Waals surface area contributed by atoms with Crippen molar-refractivity contribution in [1.29, 1.82) is 0 Å². The van der Waals surface area contributed by atoms with Gasteiger partial charge in [-0.3, -0.25) is 9.10 Å². The quantitative estimate of drug-likeness (QED) is 0.521. The average Bonchev–Trinajstić information content (AvgIpc) is 2.62. The van der Waals surface area contributed by atoms with Crippen LogP contribution in [0.5, 0.6) is 0 Å². The summed E-state index contributed by atoms with van der Waals surface area (Å²) < 4.78 is 31.6. The highest BCUT2D eigenvalue weighted by molar-refractivity contribution is 7.98. The van der Waals surface area contributed by atoms with Crippen LogP contribution in [0.4, 0.5) is 5.69 Å². The Labute approximate surface area is 160 Å². The van der Waals surface area contributed by atoms with Gasteiger partial charge in [0.1, 0.15) is 6.54 Å². The number of nitrogens with zero attached hydrogens (tertiary/aromatic N) is 1. The topological polar surface area (TPSA) is 63.7 Å². The fourth-order valence-electron chi connectivity index (χ4n) is 2.04. The van der Waals surface area contributed by atoms with E-state index in [9.17, 15) is 13.2 Å². The monoisotopic (exact) mass is 419 g/mol. The third-order valence-electron chi connectivity index (χ3n) is 3.35. The fraction of sp³-hybridized carbons (Fsp3) is 0.188. The van der Waals surface area contributed by atoms with E-state index in [1.165, 1.54) is 43.1 Å². The third kappa shape index (κ3) is 4.41.